The molecule has 2 aromatic carbocycles. The summed E-state index contributed by atoms with van der Waals surface area (Å²) in [7, 11) is 2.89. The van der Waals surface area contributed by atoms with E-state index >= 15 is 0 Å². The van der Waals surface area contributed by atoms with Gasteiger partial charge in [-0.2, -0.15) is 18.3 Å². The number of carbonyl (C=O) groups is 1. The van der Waals surface area contributed by atoms with Crippen molar-refractivity contribution in [3.05, 3.63) is 71.0 Å². The molecule has 4 rings (SSSR count). The molecule has 0 saturated carbocycles. The van der Waals surface area contributed by atoms with Crippen LogP contribution in [0.3, 0.4) is 0 Å². The number of benzene rings is 2. The summed E-state index contributed by atoms with van der Waals surface area (Å²) in [4.78, 5) is 17.0. The quantitative estimate of drug-likeness (QED) is 0.421. The summed E-state index contributed by atoms with van der Waals surface area (Å²) >= 11 is 5.96. The highest BCUT2D eigenvalue weighted by atomic mass is 35.5. The first kappa shape index (κ1) is 22.4. The van der Waals surface area contributed by atoms with Crippen LogP contribution in [0.15, 0.2) is 54.6 Å². The van der Waals surface area contributed by atoms with Crippen LogP contribution in [0, 0.1) is 0 Å². The molecule has 0 aliphatic rings. The number of halogens is 4. The zero-order valence-corrected chi connectivity index (χ0v) is 18.0. The minimum absolute atomic E-state index is 0.0702. The van der Waals surface area contributed by atoms with Crippen molar-refractivity contribution in [1.29, 1.82) is 0 Å². The maximum Gasteiger partial charge on any atom is 0.433 e. The van der Waals surface area contributed by atoms with E-state index in [1.54, 1.807) is 36.4 Å². The lowest BCUT2D eigenvalue weighted by Gasteiger charge is -2.11. The molecule has 7 nitrogen and oxygen atoms in total. The minimum atomic E-state index is -4.74. The topological polar surface area (TPSA) is 77.8 Å². The van der Waals surface area contributed by atoms with Crippen LogP contribution >= 0.6 is 11.6 Å². The summed E-state index contributed by atoms with van der Waals surface area (Å²) in [5, 5.41) is 6.73. The molecule has 33 heavy (non-hydrogen) atoms. The van der Waals surface area contributed by atoms with Gasteiger partial charge in [-0.15, -0.1) is 0 Å². The molecule has 0 unspecified atom stereocenters. The molecule has 0 atom stereocenters. The standard InChI is InChI=1S/C22H16ClF3N4O3/c1-32-14-6-3-12(4-7-14)15-10-19(22(24,25)26)30-20(27-15)11-17(29-30)21(31)28-16-9-13(23)5-8-18(16)33-2/h3-11H,1-2H3,(H,28,31). The molecule has 0 spiro atoms. The summed E-state index contributed by atoms with van der Waals surface area (Å²) < 4.78 is 52.2. The van der Waals surface area contributed by atoms with E-state index in [-0.39, 0.29) is 22.7 Å². The lowest BCUT2D eigenvalue weighted by atomic mass is 10.1. The van der Waals surface area contributed by atoms with Gasteiger partial charge in [0.1, 0.15) is 11.5 Å². The summed E-state index contributed by atoms with van der Waals surface area (Å²) in [6.45, 7) is 0. The number of fused-ring (bicyclic) bond motifs is 1. The summed E-state index contributed by atoms with van der Waals surface area (Å²) in [5.41, 5.74) is -0.714. The van der Waals surface area contributed by atoms with Gasteiger partial charge >= 0.3 is 6.18 Å². The van der Waals surface area contributed by atoms with E-state index in [0.29, 0.717) is 26.6 Å². The molecule has 4 aromatic rings. The number of rotatable bonds is 5. The van der Waals surface area contributed by atoms with Crippen molar-refractivity contribution in [2.75, 3.05) is 19.5 Å². The number of nitrogens with one attached hydrogen (secondary N) is 1. The molecule has 170 valence electrons. The summed E-state index contributed by atoms with van der Waals surface area (Å²) in [6.07, 6.45) is -4.74. The van der Waals surface area contributed by atoms with Crippen LogP contribution in [-0.2, 0) is 6.18 Å². The van der Waals surface area contributed by atoms with Crippen molar-refractivity contribution in [2.24, 2.45) is 0 Å². The second kappa shape index (κ2) is 8.62. The minimum Gasteiger partial charge on any atom is -0.497 e. The van der Waals surface area contributed by atoms with Crippen LogP contribution in [0.5, 0.6) is 11.5 Å². The maximum atomic E-state index is 13.8. The van der Waals surface area contributed by atoms with Crippen molar-refractivity contribution in [3.8, 4) is 22.8 Å². The number of carbonyl (C=O) groups excluding carboxylic acids is 1. The van der Waals surface area contributed by atoms with E-state index < -0.39 is 17.8 Å². The number of anilines is 1. The van der Waals surface area contributed by atoms with Crippen molar-refractivity contribution in [3.63, 3.8) is 0 Å². The van der Waals surface area contributed by atoms with E-state index in [1.165, 1.54) is 26.4 Å². The smallest absolute Gasteiger partial charge is 0.433 e. The fourth-order valence-corrected chi connectivity index (χ4v) is 3.33. The molecular formula is C22H16ClF3N4O3. The largest absolute Gasteiger partial charge is 0.497 e. The Hall–Kier alpha value is -3.79. The van der Waals surface area contributed by atoms with Crippen molar-refractivity contribution >= 4 is 28.8 Å². The maximum absolute atomic E-state index is 13.8. The molecule has 0 radical (unpaired) electrons. The van der Waals surface area contributed by atoms with Gasteiger partial charge in [0.15, 0.2) is 17.0 Å². The van der Waals surface area contributed by atoms with Gasteiger partial charge in [0.05, 0.1) is 25.6 Å². The van der Waals surface area contributed by atoms with Gasteiger partial charge in [-0.25, -0.2) is 9.50 Å². The fourth-order valence-electron chi connectivity index (χ4n) is 3.16. The molecule has 0 saturated heterocycles. The highest BCUT2D eigenvalue weighted by Gasteiger charge is 2.35. The van der Waals surface area contributed by atoms with Crippen molar-refractivity contribution < 1.29 is 27.4 Å². The molecule has 0 bridgehead atoms. The highest BCUT2D eigenvalue weighted by Crippen LogP contribution is 2.33. The average molecular weight is 477 g/mol. The number of methoxy groups -OCH3 is 2. The van der Waals surface area contributed by atoms with Gasteiger partial charge in [-0.3, -0.25) is 4.79 Å². The van der Waals surface area contributed by atoms with Gasteiger partial charge in [-0.05, 0) is 48.5 Å². The van der Waals surface area contributed by atoms with E-state index in [0.717, 1.165) is 6.07 Å². The van der Waals surface area contributed by atoms with E-state index in [9.17, 15) is 18.0 Å². The van der Waals surface area contributed by atoms with Gasteiger partial charge in [0.2, 0.25) is 0 Å². The number of hydrogen-bond donors (Lipinski definition) is 1. The van der Waals surface area contributed by atoms with Crippen LogP contribution in [0.4, 0.5) is 18.9 Å². The SMILES string of the molecule is COc1ccc(-c2cc(C(F)(F)F)n3nc(C(=O)Nc4cc(Cl)ccc4OC)cc3n2)cc1. The van der Waals surface area contributed by atoms with Crippen LogP contribution < -0.4 is 14.8 Å². The van der Waals surface area contributed by atoms with Crippen molar-refractivity contribution in [1.82, 2.24) is 14.6 Å². The number of hydrogen-bond acceptors (Lipinski definition) is 5. The molecule has 2 heterocycles. The van der Waals surface area contributed by atoms with E-state index in [2.05, 4.69) is 15.4 Å². The fraction of sp³-hybridized carbons (Fsp3) is 0.136. The number of aromatic nitrogens is 3. The molecule has 0 aliphatic heterocycles. The third-order valence-electron chi connectivity index (χ3n) is 4.75. The summed E-state index contributed by atoms with van der Waals surface area (Å²) in [5.74, 6) is 0.128. The third-order valence-corrected chi connectivity index (χ3v) is 4.98. The number of amides is 1. The Morgan fingerprint density at radius 2 is 1.76 bits per heavy atom. The predicted octanol–water partition coefficient (Wildman–Crippen LogP) is 5.34. The second-order valence-corrected chi connectivity index (χ2v) is 7.29. The molecular weight excluding hydrogens is 461 g/mol. The first-order valence-electron chi connectivity index (χ1n) is 9.47. The van der Waals surface area contributed by atoms with E-state index in [1.807, 2.05) is 0 Å². The molecule has 1 amide bonds. The van der Waals surface area contributed by atoms with Gasteiger partial charge in [0.25, 0.3) is 5.91 Å². The zero-order valence-electron chi connectivity index (χ0n) is 17.3. The molecule has 11 heteroatoms. The highest BCUT2D eigenvalue weighted by molar-refractivity contribution is 6.31. The van der Waals surface area contributed by atoms with Crippen LogP contribution in [0.2, 0.25) is 5.02 Å². The first-order chi connectivity index (χ1) is 15.7. The molecule has 2 aromatic heterocycles. The monoisotopic (exact) mass is 476 g/mol. The Bertz CT molecular complexity index is 1340. The number of ether oxygens (including phenoxy) is 2. The first-order valence-corrected chi connectivity index (χ1v) is 9.84. The van der Waals surface area contributed by atoms with Crippen LogP contribution in [0.25, 0.3) is 16.9 Å². The Labute approximate surface area is 190 Å². The molecule has 1 N–H and O–H groups in total. The van der Waals surface area contributed by atoms with Crippen LogP contribution in [-0.4, -0.2) is 34.7 Å². The van der Waals surface area contributed by atoms with Gasteiger partial charge in [0, 0.05) is 16.7 Å². The Morgan fingerprint density at radius 1 is 1.03 bits per heavy atom. The van der Waals surface area contributed by atoms with E-state index in [4.69, 9.17) is 21.1 Å². The molecule has 0 aliphatic carbocycles. The number of nitrogens with zero attached hydrogens (tertiary/aromatic N) is 3. The third kappa shape index (κ3) is 4.56. The van der Waals surface area contributed by atoms with Gasteiger partial charge < -0.3 is 14.8 Å². The predicted molar refractivity (Wildman–Crippen MR) is 116 cm³/mol. The zero-order chi connectivity index (χ0) is 23.8. The Kier molecular flexibility index (Phi) is 5.86. The second-order valence-electron chi connectivity index (χ2n) is 6.85. The van der Waals surface area contributed by atoms with Crippen molar-refractivity contribution in [2.45, 2.75) is 6.18 Å². The Balaban J connectivity index is 1.77. The average Bonchev–Trinajstić information content (AvgIpc) is 3.22. The lowest BCUT2D eigenvalue weighted by molar-refractivity contribution is -0.142. The molecule has 0 fully saturated rings. The van der Waals surface area contributed by atoms with Crippen LogP contribution in [0.1, 0.15) is 16.2 Å². The lowest BCUT2D eigenvalue weighted by Crippen LogP contribution is -2.16. The normalized spacial score (nSPS) is 11.5. The number of alkyl halides is 3. The van der Waals surface area contributed by atoms with Gasteiger partial charge in [-0.1, -0.05) is 11.6 Å². The summed E-state index contributed by atoms with van der Waals surface area (Å²) in [6, 6.07) is 13.0. The Morgan fingerprint density at radius 3 is 2.39 bits per heavy atom.